The van der Waals surface area contributed by atoms with Crippen molar-refractivity contribution in [3.63, 3.8) is 0 Å². The summed E-state index contributed by atoms with van der Waals surface area (Å²) in [5.41, 5.74) is 4.24. The molecule has 1 fully saturated rings. The van der Waals surface area contributed by atoms with Crippen molar-refractivity contribution in [2.75, 3.05) is 25.0 Å². The van der Waals surface area contributed by atoms with Crippen LogP contribution in [-0.4, -0.2) is 31.1 Å². The van der Waals surface area contributed by atoms with Crippen LogP contribution in [-0.2, 0) is 6.54 Å². The van der Waals surface area contributed by atoms with E-state index in [2.05, 4.69) is 52.9 Å². The maximum Gasteiger partial charge on any atom is 0.205 e. The zero-order valence-electron chi connectivity index (χ0n) is 14.2. The molecule has 2 aromatic rings. The van der Waals surface area contributed by atoms with E-state index in [1.807, 2.05) is 18.2 Å². The van der Waals surface area contributed by atoms with Gasteiger partial charge in [0.15, 0.2) is 0 Å². The lowest BCUT2D eigenvalue weighted by Crippen LogP contribution is -2.36. The summed E-state index contributed by atoms with van der Waals surface area (Å²) in [6.07, 6.45) is 1.14. The number of nitrogens with zero attached hydrogens (tertiary/aromatic N) is 3. The van der Waals surface area contributed by atoms with Crippen molar-refractivity contribution in [2.45, 2.75) is 25.9 Å². The Hall–Kier alpha value is -2.02. The molecule has 1 aliphatic rings. The molecule has 1 heterocycles. The first-order valence-electron chi connectivity index (χ1n) is 8.25. The predicted molar refractivity (Wildman–Crippen MR) is 101 cm³/mol. The highest BCUT2D eigenvalue weighted by Crippen LogP contribution is 2.33. The number of anilines is 1. The van der Waals surface area contributed by atoms with Crippen molar-refractivity contribution >= 4 is 23.0 Å². The summed E-state index contributed by atoms with van der Waals surface area (Å²) in [6, 6.07) is 14.8. The lowest BCUT2D eigenvalue weighted by Gasteiger charge is -2.32. The van der Waals surface area contributed by atoms with Gasteiger partial charge in [-0.2, -0.15) is 0 Å². The molecule has 124 valence electrons. The van der Waals surface area contributed by atoms with Crippen LogP contribution < -0.4 is 4.90 Å². The highest BCUT2D eigenvalue weighted by molar-refractivity contribution is 6.33. The van der Waals surface area contributed by atoms with Gasteiger partial charge in [0.25, 0.3) is 0 Å². The Bertz CT molecular complexity index is 766. The van der Waals surface area contributed by atoms with Crippen LogP contribution in [0.2, 0.25) is 5.02 Å². The van der Waals surface area contributed by atoms with E-state index in [0.29, 0.717) is 16.8 Å². The maximum absolute atomic E-state index is 7.18. The monoisotopic (exact) mass is 339 g/mol. The van der Waals surface area contributed by atoms with Crippen LogP contribution in [0.3, 0.4) is 0 Å². The van der Waals surface area contributed by atoms with Gasteiger partial charge in [-0.1, -0.05) is 41.9 Å². The lowest BCUT2D eigenvalue weighted by atomic mass is 10.1. The quantitative estimate of drug-likeness (QED) is 0.733. The second-order valence-electron chi connectivity index (χ2n) is 6.51. The molecule has 0 amide bonds. The topological polar surface area (TPSA) is 10.8 Å². The number of halogens is 1. The van der Waals surface area contributed by atoms with Gasteiger partial charge in [-0.25, -0.2) is 4.85 Å². The number of benzene rings is 2. The SMILES string of the molecule is [C-]#[N+]c1ccc(N(Cc2ccccc2C)[C@H]2CCN(C)C2)cc1Cl. The fourth-order valence-corrected chi connectivity index (χ4v) is 3.55. The lowest BCUT2D eigenvalue weighted by molar-refractivity contribution is 0.407. The molecule has 24 heavy (non-hydrogen) atoms. The number of likely N-dealkylation sites (tertiary alicyclic amines) is 1. The number of hydrogen-bond donors (Lipinski definition) is 0. The second kappa shape index (κ2) is 7.25. The highest BCUT2D eigenvalue weighted by Gasteiger charge is 2.26. The number of likely N-dealkylation sites (N-methyl/N-ethyl adjacent to an activating group) is 1. The molecule has 0 aliphatic carbocycles. The van der Waals surface area contributed by atoms with Crippen molar-refractivity contribution < 1.29 is 0 Å². The van der Waals surface area contributed by atoms with E-state index in [-0.39, 0.29) is 0 Å². The summed E-state index contributed by atoms with van der Waals surface area (Å²) in [5.74, 6) is 0. The smallest absolute Gasteiger partial charge is 0.205 e. The molecule has 0 spiro atoms. The second-order valence-corrected chi connectivity index (χ2v) is 6.91. The Morgan fingerprint density at radius 1 is 1.29 bits per heavy atom. The molecule has 3 nitrogen and oxygen atoms in total. The van der Waals surface area contributed by atoms with Crippen LogP contribution in [0.5, 0.6) is 0 Å². The Kier molecular flexibility index (Phi) is 5.08. The Labute approximate surface area is 149 Å². The van der Waals surface area contributed by atoms with Crippen molar-refractivity contribution in [3.8, 4) is 0 Å². The van der Waals surface area contributed by atoms with Crippen LogP contribution in [0.1, 0.15) is 17.5 Å². The van der Waals surface area contributed by atoms with E-state index in [0.717, 1.165) is 31.7 Å². The van der Waals surface area contributed by atoms with Gasteiger partial charge in [-0.15, -0.1) is 0 Å². The summed E-state index contributed by atoms with van der Waals surface area (Å²) < 4.78 is 0. The maximum atomic E-state index is 7.18. The molecule has 1 atom stereocenters. The molecule has 0 bridgehead atoms. The standard InChI is InChI=1S/C20H22ClN3/c1-15-6-4-5-7-16(15)13-24(18-10-11-23(3)14-18)17-8-9-20(22-2)19(21)12-17/h4-9,12,18H,10-11,13-14H2,1,3H3/t18-/m0/s1. The van der Waals surface area contributed by atoms with Crippen LogP contribution in [0.15, 0.2) is 42.5 Å². The Morgan fingerprint density at radius 3 is 2.71 bits per heavy atom. The van der Waals surface area contributed by atoms with Gasteiger partial charge in [0.05, 0.1) is 6.57 Å². The van der Waals surface area contributed by atoms with Crippen LogP contribution in [0.4, 0.5) is 11.4 Å². The summed E-state index contributed by atoms with van der Waals surface area (Å²) in [7, 11) is 2.17. The normalized spacial score (nSPS) is 17.7. The third-order valence-corrected chi connectivity index (χ3v) is 5.10. The molecule has 0 radical (unpaired) electrons. The van der Waals surface area contributed by atoms with Gasteiger partial charge in [-0.3, -0.25) is 0 Å². The molecule has 3 rings (SSSR count). The van der Waals surface area contributed by atoms with Crippen molar-refractivity contribution in [1.29, 1.82) is 0 Å². The minimum atomic E-state index is 0.462. The molecule has 0 unspecified atom stereocenters. The van der Waals surface area contributed by atoms with Gasteiger partial charge in [0, 0.05) is 29.8 Å². The summed E-state index contributed by atoms with van der Waals surface area (Å²) in [6.45, 7) is 12.4. The van der Waals surface area contributed by atoms with Crippen LogP contribution in [0.25, 0.3) is 4.85 Å². The van der Waals surface area contributed by atoms with E-state index in [4.69, 9.17) is 18.2 Å². The predicted octanol–water partition coefficient (Wildman–Crippen LogP) is 4.91. The minimum absolute atomic E-state index is 0.462. The van der Waals surface area contributed by atoms with E-state index in [1.165, 1.54) is 11.1 Å². The molecular weight excluding hydrogens is 318 g/mol. The van der Waals surface area contributed by atoms with E-state index >= 15 is 0 Å². The van der Waals surface area contributed by atoms with Crippen molar-refractivity contribution in [3.05, 3.63) is 70.0 Å². The van der Waals surface area contributed by atoms with E-state index in [1.54, 1.807) is 0 Å². The van der Waals surface area contributed by atoms with Gasteiger partial charge < -0.3 is 9.80 Å². The zero-order chi connectivity index (χ0) is 17.1. The van der Waals surface area contributed by atoms with Crippen molar-refractivity contribution in [1.82, 2.24) is 4.90 Å². The third-order valence-electron chi connectivity index (χ3n) is 4.79. The molecule has 1 saturated heterocycles. The molecular formula is C20H22ClN3. The molecule has 2 aromatic carbocycles. The molecule has 0 aromatic heterocycles. The van der Waals surface area contributed by atoms with Gasteiger partial charge in [-0.05, 0) is 50.2 Å². The zero-order valence-corrected chi connectivity index (χ0v) is 14.9. The first kappa shape index (κ1) is 16.8. The minimum Gasteiger partial charge on any atom is -0.363 e. The largest absolute Gasteiger partial charge is 0.363 e. The fourth-order valence-electron chi connectivity index (χ4n) is 3.33. The fraction of sp³-hybridized carbons (Fsp3) is 0.350. The number of aryl methyl sites for hydroxylation is 1. The highest BCUT2D eigenvalue weighted by atomic mass is 35.5. The Morgan fingerprint density at radius 2 is 2.08 bits per heavy atom. The molecule has 1 aliphatic heterocycles. The van der Waals surface area contributed by atoms with Gasteiger partial charge >= 0.3 is 0 Å². The summed E-state index contributed by atoms with van der Waals surface area (Å²) in [4.78, 5) is 8.27. The van der Waals surface area contributed by atoms with Crippen LogP contribution >= 0.6 is 11.6 Å². The first-order valence-corrected chi connectivity index (χ1v) is 8.63. The summed E-state index contributed by atoms with van der Waals surface area (Å²) in [5, 5.41) is 0.531. The number of rotatable bonds is 4. The average molecular weight is 340 g/mol. The average Bonchev–Trinajstić information content (AvgIpc) is 3.00. The van der Waals surface area contributed by atoms with E-state index in [9.17, 15) is 0 Å². The first-order chi connectivity index (χ1) is 11.6. The van der Waals surface area contributed by atoms with Gasteiger partial charge in [0.2, 0.25) is 5.69 Å². The Balaban J connectivity index is 1.95. The summed E-state index contributed by atoms with van der Waals surface area (Å²) >= 11 is 6.29. The van der Waals surface area contributed by atoms with Gasteiger partial charge in [0.1, 0.15) is 0 Å². The molecule has 0 saturated carbocycles. The third kappa shape index (κ3) is 3.56. The molecule has 4 heteroatoms. The van der Waals surface area contributed by atoms with E-state index < -0.39 is 0 Å². The molecule has 0 N–H and O–H groups in total. The number of hydrogen-bond acceptors (Lipinski definition) is 2. The van der Waals surface area contributed by atoms with Crippen LogP contribution in [0, 0.1) is 13.5 Å². The van der Waals surface area contributed by atoms with Crippen molar-refractivity contribution in [2.24, 2.45) is 0 Å².